The van der Waals surface area contributed by atoms with Gasteiger partial charge in [0.25, 0.3) is 0 Å². The molecule has 6 nitrogen and oxygen atoms in total. The molecular formula is C15H16ClNO5S2. The zero-order chi connectivity index (χ0) is 17.7. The summed E-state index contributed by atoms with van der Waals surface area (Å²) in [6, 6.07) is 6.56. The van der Waals surface area contributed by atoms with Crippen LogP contribution in [-0.2, 0) is 15.7 Å². The SMILES string of the molecule is CCOc1ccc(NS(=O)c2cc(Cl)sc2C(=O)OC)cc1OC. The van der Waals surface area contributed by atoms with Gasteiger partial charge < -0.3 is 18.9 Å². The second-order valence-electron chi connectivity index (χ2n) is 4.40. The Morgan fingerprint density at radius 2 is 2.04 bits per heavy atom. The van der Waals surface area contributed by atoms with Gasteiger partial charge in [-0.05, 0) is 25.1 Å². The number of carbonyl (C=O) groups excluding carboxylic acids is 1. The zero-order valence-corrected chi connectivity index (χ0v) is 15.6. The van der Waals surface area contributed by atoms with E-state index in [1.165, 1.54) is 20.3 Å². The molecule has 0 aliphatic heterocycles. The highest BCUT2D eigenvalue weighted by atomic mass is 35.5. The first kappa shape index (κ1) is 18.6. The van der Waals surface area contributed by atoms with E-state index in [9.17, 15) is 9.00 Å². The fourth-order valence-corrected chi connectivity index (χ4v) is 4.34. The molecular weight excluding hydrogens is 374 g/mol. The fraction of sp³-hybridized carbons (Fsp3) is 0.267. The summed E-state index contributed by atoms with van der Waals surface area (Å²) < 4.78 is 31.1. The van der Waals surface area contributed by atoms with Gasteiger partial charge in [-0.3, -0.25) is 0 Å². The predicted octanol–water partition coefficient (Wildman–Crippen LogP) is 3.73. The van der Waals surface area contributed by atoms with E-state index in [2.05, 4.69) is 9.46 Å². The minimum atomic E-state index is -1.69. The van der Waals surface area contributed by atoms with Gasteiger partial charge in [-0.1, -0.05) is 11.6 Å². The number of halogens is 1. The van der Waals surface area contributed by atoms with Crippen LogP contribution in [0, 0.1) is 0 Å². The standard InChI is InChI=1S/C15H16ClNO5S2/c1-4-22-10-6-5-9(7-11(10)20-2)17-24(19)12-8-13(16)23-14(12)15(18)21-3/h5-8,17H,4H2,1-3H3. The molecule has 0 saturated heterocycles. The molecule has 0 fully saturated rings. The van der Waals surface area contributed by atoms with Crippen LogP contribution in [-0.4, -0.2) is 31.0 Å². The quantitative estimate of drug-likeness (QED) is 0.730. The van der Waals surface area contributed by atoms with Gasteiger partial charge in [-0.25, -0.2) is 9.00 Å². The topological polar surface area (TPSA) is 73.9 Å². The fourth-order valence-electron chi connectivity index (χ4n) is 1.89. The molecule has 24 heavy (non-hydrogen) atoms. The second-order valence-corrected chi connectivity index (χ2v) is 7.27. The van der Waals surface area contributed by atoms with Crippen LogP contribution in [0.1, 0.15) is 16.6 Å². The Labute approximate surface area is 151 Å². The molecule has 2 aromatic rings. The van der Waals surface area contributed by atoms with E-state index in [0.29, 0.717) is 28.1 Å². The number of carbonyl (C=O) groups is 1. The Kier molecular flexibility index (Phi) is 6.47. The smallest absolute Gasteiger partial charge is 0.349 e. The van der Waals surface area contributed by atoms with E-state index in [0.717, 1.165) is 11.3 Å². The summed E-state index contributed by atoms with van der Waals surface area (Å²) in [5.41, 5.74) is 0.548. The number of benzene rings is 1. The zero-order valence-electron chi connectivity index (χ0n) is 13.3. The lowest BCUT2D eigenvalue weighted by Crippen LogP contribution is -2.09. The molecule has 0 aliphatic carbocycles. The monoisotopic (exact) mass is 389 g/mol. The third kappa shape index (κ3) is 4.19. The van der Waals surface area contributed by atoms with Crippen molar-refractivity contribution >= 4 is 45.6 Å². The molecule has 1 aromatic heterocycles. The van der Waals surface area contributed by atoms with Crippen molar-refractivity contribution in [2.24, 2.45) is 0 Å². The van der Waals surface area contributed by atoms with Crippen molar-refractivity contribution in [2.75, 3.05) is 25.5 Å². The van der Waals surface area contributed by atoms with Crippen LogP contribution in [0.25, 0.3) is 0 Å². The summed E-state index contributed by atoms with van der Waals surface area (Å²) in [6.45, 7) is 2.38. The molecule has 1 atom stereocenters. The van der Waals surface area contributed by atoms with Crippen LogP contribution in [0.2, 0.25) is 4.34 Å². The van der Waals surface area contributed by atoms with Gasteiger partial charge >= 0.3 is 5.97 Å². The molecule has 1 N–H and O–H groups in total. The number of hydrogen-bond acceptors (Lipinski definition) is 6. The number of thiophene rings is 1. The Balaban J connectivity index is 2.25. The lowest BCUT2D eigenvalue weighted by molar-refractivity contribution is 0.0602. The molecule has 0 saturated carbocycles. The molecule has 1 aromatic carbocycles. The van der Waals surface area contributed by atoms with Crippen molar-refractivity contribution < 1.29 is 23.2 Å². The van der Waals surface area contributed by atoms with Gasteiger partial charge in [0, 0.05) is 6.07 Å². The van der Waals surface area contributed by atoms with Gasteiger partial charge in [-0.2, -0.15) is 0 Å². The van der Waals surface area contributed by atoms with E-state index in [4.69, 9.17) is 21.1 Å². The Morgan fingerprint density at radius 1 is 1.29 bits per heavy atom. The number of methoxy groups -OCH3 is 2. The van der Waals surface area contributed by atoms with Crippen molar-refractivity contribution in [1.29, 1.82) is 0 Å². The molecule has 130 valence electrons. The normalized spacial score (nSPS) is 11.7. The van der Waals surface area contributed by atoms with Crippen LogP contribution in [0.15, 0.2) is 29.2 Å². The molecule has 9 heteroatoms. The van der Waals surface area contributed by atoms with Gasteiger partial charge in [0.15, 0.2) is 22.5 Å². The number of hydrogen-bond donors (Lipinski definition) is 1. The summed E-state index contributed by atoms with van der Waals surface area (Å²) in [5, 5.41) is 0. The summed E-state index contributed by atoms with van der Waals surface area (Å²) >= 11 is 6.94. The molecule has 0 bridgehead atoms. The number of nitrogens with one attached hydrogen (secondary N) is 1. The van der Waals surface area contributed by atoms with Crippen LogP contribution >= 0.6 is 22.9 Å². The average Bonchev–Trinajstić information content (AvgIpc) is 2.97. The Bertz CT molecular complexity index is 762. The summed E-state index contributed by atoms with van der Waals surface area (Å²) in [5.74, 6) is 0.516. The molecule has 1 unspecified atom stereocenters. The third-order valence-electron chi connectivity index (χ3n) is 2.91. The van der Waals surface area contributed by atoms with Crippen molar-refractivity contribution in [2.45, 2.75) is 11.8 Å². The summed E-state index contributed by atoms with van der Waals surface area (Å²) in [6.07, 6.45) is 0. The van der Waals surface area contributed by atoms with Crippen LogP contribution < -0.4 is 14.2 Å². The molecule has 2 rings (SSSR count). The van der Waals surface area contributed by atoms with Crippen molar-refractivity contribution in [1.82, 2.24) is 0 Å². The van der Waals surface area contributed by atoms with E-state index in [-0.39, 0.29) is 9.77 Å². The maximum Gasteiger partial charge on any atom is 0.349 e. The highest BCUT2D eigenvalue weighted by Gasteiger charge is 2.21. The van der Waals surface area contributed by atoms with Crippen LogP contribution in [0.5, 0.6) is 11.5 Å². The predicted molar refractivity (Wildman–Crippen MR) is 94.9 cm³/mol. The lowest BCUT2D eigenvalue weighted by Gasteiger charge is -2.12. The summed E-state index contributed by atoms with van der Waals surface area (Å²) in [7, 11) is 1.09. The van der Waals surface area contributed by atoms with Crippen LogP contribution in [0.3, 0.4) is 0 Å². The van der Waals surface area contributed by atoms with Gasteiger partial charge in [0.05, 0.1) is 35.7 Å². The van der Waals surface area contributed by atoms with Gasteiger partial charge in [-0.15, -0.1) is 11.3 Å². The Hall–Kier alpha value is -1.77. The number of esters is 1. The number of ether oxygens (including phenoxy) is 3. The van der Waals surface area contributed by atoms with E-state index >= 15 is 0 Å². The maximum absolute atomic E-state index is 12.5. The highest BCUT2D eigenvalue weighted by Crippen LogP contribution is 2.33. The first-order valence-electron chi connectivity index (χ1n) is 6.87. The summed E-state index contributed by atoms with van der Waals surface area (Å²) in [4.78, 5) is 12.2. The van der Waals surface area contributed by atoms with Crippen molar-refractivity contribution in [3.8, 4) is 11.5 Å². The Morgan fingerprint density at radius 3 is 2.67 bits per heavy atom. The van der Waals surface area contributed by atoms with Crippen LogP contribution in [0.4, 0.5) is 5.69 Å². The van der Waals surface area contributed by atoms with Crippen molar-refractivity contribution in [3.05, 3.63) is 33.5 Å². The lowest BCUT2D eigenvalue weighted by atomic mass is 10.3. The molecule has 0 spiro atoms. The number of rotatable bonds is 7. The minimum Gasteiger partial charge on any atom is -0.493 e. The van der Waals surface area contributed by atoms with Crippen molar-refractivity contribution in [3.63, 3.8) is 0 Å². The van der Waals surface area contributed by atoms with Gasteiger partial charge in [0.1, 0.15) is 4.88 Å². The highest BCUT2D eigenvalue weighted by molar-refractivity contribution is 7.86. The third-order valence-corrected chi connectivity index (χ3v) is 5.43. The van der Waals surface area contributed by atoms with Gasteiger partial charge in [0.2, 0.25) is 0 Å². The minimum absolute atomic E-state index is 0.200. The largest absolute Gasteiger partial charge is 0.493 e. The average molecular weight is 390 g/mol. The molecule has 0 aliphatic rings. The number of anilines is 1. The molecule has 0 radical (unpaired) electrons. The van der Waals surface area contributed by atoms with E-state index in [1.54, 1.807) is 18.2 Å². The first-order chi connectivity index (χ1) is 11.5. The second kappa shape index (κ2) is 8.36. The van der Waals surface area contributed by atoms with E-state index < -0.39 is 17.0 Å². The molecule has 1 heterocycles. The maximum atomic E-state index is 12.5. The van der Waals surface area contributed by atoms with E-state index in [1.807, 2.05) is 6.92 Å². The molecule has 0 amide bonds. The first-order valence-corrected chi connectivity index (χ1v) is 9.21.